The molecule has 13 heteroatoms. The first-order chi connectivity index (χ1) is 24.6. The maximum atomic E-state index is 15.2. The zero-order valence-electron chi connectivity index (χ0n) is 29.5. The molecule has 268 valence electrons. The van der Waals surface area contributed by atoms with E-state index < -0.39 is 13.7 Å². The fourth-order valence-corrected chi connectivity index (χ4v) is 12.8. The topological polar surface area (TPSA) is 122 Å². The Morgan fingerprint density at radius 3 is 2.67 bits per heavy atom. The summed E-state index contributed by atoms with van der Waals surface area (Å²) < 4.78 is 14.5. The largest absolute Gasteiger partial charge is 0.497 e. The van der Waals surface area contributed by atoms with Gasteiger partial charge < -0.3 is 29.7 Å². The van der Waals surface area contributed by atoms with Crippen molar-refractivity contribution in [3.63, 3.8) is 0 Å². The van der Waals surface area contributed by atoms with Crippen LogP contribution in [0.4, 0.5) is 11.4 Å². The van der Waals surface area contributed by atoms with E-state index in [0.29, 0.717) is 44.0 Å². The Balaban J connectivity index is 1.26. The predicted molar refractivity (Wildman–Crippen MR) is 199 cm³/mol. The number of methoxy groups -OCH3 is 1. The molecule has 1 spiro atoms. The van der Waals surface area contributed by atoms with Gasteiger partial charge in [-0.15, -0.1) is 5.10 Å². The number of rotatable bonds is 11. The van der Waals surface area contributed by atoms with Gasteiger partial charge in [0, 0.05) is 61.1 Å². The summed E-state index contributed by atoms with van der Waals surface area (Å²) in [5, 5.41) is 22.9. The molecular formula is C38H45ClN6O5Si. The quantitative estimate of drug-likeness (QED) is 0.220. The van der Waals surface area contributed by atoms with Crippen molar-refractivity contribution >= 4 is 48.1 Å². The van der Waals surface area contributed by atoms with E-state index in [0.717, 1.165) is 40.5 Å². The maximum absolute atomic E-state index is 15.2. The Hall–Kier alpha value is -4.07. The monoisotopic (exact) mass is 728 g/mol. The van der Waals surface area contributed by atoms with Crippen LogP contribution in [-0.2, 0) is 39.4 Å². The summed E-state index contributed by atoms with van der Waals surface area (Å²) in [5.74, 6) is 0.534. The third kappa shape index (κ3) is 6.37. The second-order valence-corrected chi connectivity index (χ2v) is 19.5. The zero-order valence-corrected chi connectivity index (χ0v) is 31.3. The van der Waals surface area contributed by atoms with Gasteiger partial charge in [-0.25, -0.2) is 0 Å². The lowest BCUT2D eigenvalue weighted by atomic mass is 9.82. The summed E-state index contributed by atoms with van der Waals surface area (Å²) in [4.78, 5) is 31.5. The number of fused-ring (bicyclic) bond motifs is 2. The number of nitrogens with one attached hydrogen (secondary N) is 1. The normalized spacial score (nSPS) is 23.4. The van der Waals surface area contributed by atoms with Crippen LogP contribution < -0.4 is 25.0 Å². The molecule has 0 radical (unpaired) electrons. The van der Waals surface area contributed by atoms with Crippen molar-refractivity contribution in [3.8, 4) is 5.75 Å². The third-order valence-electron chi connectivity index (χ3n) is 11.0. The summed E-state index contributed by atoms with van der Waals surface area (Å²) in [6.45, 7) is 9.39. The van der Waals surface area contributed by atoms with Crippen LogP contribution in [-0.4, -0.2) is 79.4 Å². The van der Waals surface area contributed by atoms with Gasteiger partial charge >= 0.3 is 0 Å². The van der Waals surface area contributed by atoms with Gasteiger partial charge in [-0.1, -0.05) is 66.3 Å². The number of hydrogen-bond donors (Lipinski definition) is 2. The molecule has 3 aliphatic rings. The Kier molecular flexibility index (Phi) is 9.81. The molecule has 51 heavy (non-hydrogen) atoms. The lowest BCUT2D eigenvalue weighted by Gasteiger charge is -2.37. The van der Waals surface area contributed by atoms with Gasteiger partial charge in [0.1, 0.15) is 5.75 Å². The molecule has 2 amide bonds. The van der Waals surface area contributed by atoms with E-state index in [2.05, 4.69) is 47.8 Å². The number of aliphatic hydroxyl groups excluding tert-OH is 1. The summed E-state index contributed by atoms with van der Waals surface area (Å²) in [6.07, 6.45) is 2.66. The van der Waals surface area contributed by atoms with Gasteiger partial charge in [0.25, 0.3) is 5.91 Å². The van der Waals surface area contributed by atoms with E-state index in [-0.39, 0.29) is 36.0 Å². The summed E-state index contributed by atoms with van der Waals surface area (Å²) in [6, 6.07) is 21.9. The molecule has 4 heterocycles. The van der Waals surface area contributed by atoms with Crippen LogP contribution in [0.15, 0.2) is 72.9 Å². The molecule has 0 bridgehead atoms. The van der Waals surface area contributed by atoms with E-state index in [4.69, 9.17) is 21.1 Å². The van der Waals surface area contributed by atoms with Crippen molar-refractivity contribution in [2.75, 3.05) is 43.2 Å². The molecule has 2 saturated heterocycles. The number of aliphatic hydroxyl groups is 1. The maximum Gasteiger partial charge on any atom is 0.264 e. The molecule has 11 nitrogen and oxygen atoms in total. The van der Waals surface area contributed by atoms with Gasteiger partial charge in [0.2, 0.25) is 5.91 Å². The highest BCUT2D eigenvalue weighted by atomic mass is 35.5. The Labute approximate surface area is 304 Å². The summed E-state index contributed by atoms with van der Waals surface area (Å²) in [5.41, 5.74) is 2.85. The highest BCUT2D eigenvalue weighted by Gasteiger charge is 2.66. The van der Waals surface area contributed by atoms with Crippen LogP contribution in [0, 0.1) is 5.92 Å². The number of piperazine rings is 1. The predicted octanol–water partition coefficient (Wildman–Crippen LogP) is 4.26. The van der Waals surface area contributed by atoms with E-state index in [9.17, 15) is 9.90 Å². The SMILES string of the molecule is COc1ccc([Si](C)(C)[C@H]2[C@H](CCn3cc(CCO)nn3)O[C@@]3(C(=O)N(Cc4cccc(N5CCNCC5=O)c4)c4ccc(Cl)cc43)[C@@H]2C)cc1. The van der Waals surface area contributed by atoms with Gasteiger partial charge in [-0.05, 0) is 60.0 Å². The van der Waals surface area contributed by atoms with E-state index in [1.807, 2.05) is 65.7 Å². The van der Waals surface area contributed by atoms with Gasteiger partial charge in [-0.3, -0.25) is 14.3 Å². The molecule has 4 aromatic rings. The van der Waals surface area contributed by atoms with Crippen molar-refractivity contribution in [3.05, 3.63) is 94.8 Å². The molecule has 2 N–H and O–H groups in total. The number of anilines is 2. The van der Waals surface area contributed by atoms with Crippen molar-refractivity contribution in [1.82, 2.24) is 20.3 Å². The van der Waals surface area contributed by atoms with Crippen molar-refractivity contribution in [1.29, 1.82) is 0 Å². The molecule has 2 fully saturated rings. The molecule has 3 aromatic carbocycles. The first-order valence-electron chi connectivity index (χ1n) is 17.6. The fourth-order valence-electron chi connectivity index (χ4n) is 8.53. The first-order valence-corrected chi connectivity index (χ1v) is 21.1. The lowest BCUT2D eigenvalue weighted by molar-refractivity contribution is -0.146. The Bertz CT molecular complexity index is 1920. The summed E-state index contributed by atoms with van der Waals surface area (Å²) in [7, 11) is -0.679. The van der Waals surface area contributed by atoms with Crippen LogP contribution in [0.2, 0.25) is 23.7 Å². The molecule has 0 aliphatic carbocycles. The van der Waals surface area contributed by atoms with Gasteiger partial charge in [-0.2, -0.15) is 0 Å². The second kappa shape index (κ2) is 14.2. The average molecular weight is 729 g/mol. The molecule has 0 unspecified atom stereocenters. The smallest absolute Gasteiger partial charge is 0.264 e. The first kappa shape index (κ1) is 35.3. The third-order valence-corrected chi connectivity index (χ3v) is 15.6. The van der Waals surface area contributed by atoms with Crippen LogP contribution in [0.25, 0.3) is 0 Å². The average Bonchev–Trinajstić information content (AvgIpc) is 3.77. The van der Waals surface area contributed by atoms with Crippen LogP contribution in [0.1, 0.15) is 30.2 Å². The number of ether oxygens (including phenoxy) is 2. The van der Waals surface area contributed by atoms with Gasteiger partial charge in [0.15, 0.2) is 5.60 Å². The molecule has 4 atom stereocenters. The molecule has 3 aliphatic heterocycles. The standard InChI is InChI=1S/C38H45ClN6O5Si/c1-25-36(51(3,4)31-11-9-30(49-2)10-12-31)34(14-17-43-24-28(15-19-46)41-42-43)50-38(25)32-21-27(39)8-13-33(32)45(37(38)48)23-26-6-5-7-29(20-26)44-18-16-40-22-35(44)47/h5-13,20-21,24-25,34,36,40,46H,14-19,22-23H2,1-4H3/t25-,34+,36-,38+/m1/s1. The van der Waals surface area contributed by atoms with E-state index >= 15 is 4.79 Å². The van der Waals surface area contributed by atoms with Crippen LogP contribution in [0.5, 0.6) is 5.75 Å². The van der Waals surface area contributed by atoms with E-state index in [1.165, 1.54) is 5.19 Å². The number of amides is 2. The number of aryl methyl sites for hydroxylation is 1. The minimum atomic E-state index is -2.35. The van der Waals surface area contributed by atoms with E-state index in [1.54, 1.807) is 16.7 Å². The minimum absolute atomic E-state index is 0.00687. The minimum Gasteiger partial charge on any atom is -0.497 e. The number of nitrogens with zero attached hydrogens (tertiary/aromatic N) is 5. The fraction of sp³-hybridized carbons (Fsp3) is 0.421. The van der Waals surface area contributed by atoms with Crippen molar-refractivity contribution < 1.29 is 24.2 Å². The Morgan fingerprint density at radius 1 is 1.12 bits per heavy atom. The lowest BCUT2D eigenvalue weighted by Crippen LogP contribution is -2.51. The number of carbonyl (C=O) groups is 2. The molecular weight excluding hydrogens is 684 g/mol. The number of aromatic nitrogens is 3. The number of hydrogen-bond acceptors (Lipinski definition) is 8. The van der Waals surface area contributed by atoms with Gasteiger partial charge in [0.05, 0.1) is 45.8 Å². The highest BCUT2D eigenvalue weighted by molar-refractivity contribution is 6.91. The highest BCUT2D eigenvalue weighted by Crippen LogP contribution is 2.60. The van der Waals surface area contributed by atoms with Crippen LogP contribution >= 0.6 is 11.6 Å². The molecule has 0 saturated carbocycles. The zero-order chi connectivity index (χ0) is 35.9. The molecule has 1 aromatic heterocycles. The number of benzene rings is 3. The van der Waals surface area contributed by atoms with Crippen LogP contribution in [0.3, 0.4) is 0 Å². The number of carbonyl (C=O) groups excluding carboxylic acids is 2. The van der Waals surface area contributed by atoms with Crippen molar-refractivity contribution in [2.45, 2.75) is 63.2 Å². The second-order valence-electron chi connectivity index (χ2n) is 14.3. The summed E-state index contributed by atoms with van der Waals surface area (Å²) >= 11 is 6.70. The number of halogens is 1. The Morgan fingerprint density at radius 2 is 1.92 bits per heavy atom. The molecule has 7 rings (SSSR count). The van der Waals surface area contributed by atoms with Crippen molar-refractivity contribution in [2.24, 2.45) is 5.92 Å².